The highest BCUT2D eigenvalue weighted by Crippen LogP contribution is 2.24. The molecular formula is C22H32N2O4. The van der Waals surface area contributed by atoms with Gasteiger partial charge >= 0.3 is 5.97 Å². The SMILES string of the molecule is CCOC(=O)[C@H]1CCCN(C(=O)CN2CCC[C@@H]2Cc2ccc(OC)cc2)C1. The van der Waals surface area contributed by atoms with Gasteiger partial charge in [-0.2, -0.15) is 0 Å². The molecular weight excluding hydrogens is 356 g/mol. The molecule has 2 saturated heterocycles. The Morgan fingerprint density at radius 2 is 1.86 bits per heavy atom. The number of hydrogen-bond acceptors (Lipinski definition) is 5. The van der Waals surface area contributed by atoms with E-state index in [0.29, 0.717) is 25.7 Å². The topological polar surface area (TPSA) is 59.1 Å². The number of hydrogen-bond donors (Lipinski definition) is 0. The Hall–Kier alpha value is -2.08. The van der Waals surface area contributed by atoms with E-state index in [1.807, 2.05) is 24.0 Å². The number of nitrogens with zero attached hydrogens (tertiary/aromatic N) is 2. The third kappa shape index (κ3) is 5.25. The Morgan fingerprint density at radius 3 is 2.57 bits per heavy atom. The minimum Gasteiger partial charge on any atom is -0.497 e. The fourth-order valence-electron chi connectivity index (χ4n) is 4.30. The molecule has 1 amide bonds. The minimum absolute atomic E-state index is 0.135. The van der Waals surface area contributed by atoms with Crippen molar-refractivity contribution in [3.63, 3.8) is 0 Å². The molecule has 3 rings (SSSR count). The lowest BCUT2D eigenvalue weighted by Gasteiger charge is -2.33. The van der Waals surface area contributed by atoms with Gasteiger partial charge in [-0.1, -0.05) is 12.1 Å². The number of carbonyl (C=O) groups is 2. The van der Waals surface area contributed by atoms with Gasteiger partial charge in [-0.05, 0) is 63.3 Å². The number of benzene rings is 1. The molecule has 2 aliphatic rings. The van der Waals surface area contributed by atoms with Crippen LogP contribution in [0.2, 0.25) is 0 Å². The largest absolute Gasteiger partial charge is 0.497 e. The highest BCUT2D eigenvalue weighted by molar-refractivity contribution is 5.80. The van der Waals surface area contributed by atoms with E-state index in [-0.39, 0.29) is 17.8 Å². The molecule has 2 fully saturated rings. The molecule has 2 heterocycles. The molecule has 28 heavy (non-hydrogen) atoms. The quantitative estimate of drug-likeness (QED) is 0.672. The number of rotatable bonds is 7. The molecule has 0 spiro atoms. The maximum atomic E-state index is 12.9. The smallest absolute Gasteiger partial charge is 0.310 e. The Bertz CT molecular complexity index is 661. The summed E-state index contributed by atoms with van der Waals surface area (Å²) < 4.78 is 10.4. The first-order chi connectivity index (χ1) is 13.6. The van der Waals surface area contributed by atoms with Crippen molar-refractivity contribution in [3.05, 3.63) is 29.8 Å². The van der Waals surface area contributed by atoms with E-state index >= 15 is 0 Å². The van der Waals surface area contributed by atoms with Gasteiger partial charge in [-0.25, -0.2) is 0 Å². The van der Waals surface area contributed by atoms with Crippen molar-refractivity contribution < 1.29 is 19.1 Å². The third-order valence-corrected chi connectivity index (χ3v) is 5.86. The zero-order valence-electron chi connectivity index (χ0n) is 17.1. The fraction of sp³-hybridized carbons (Fsp3) is 0.636. The Kier molecular flexibility index (Phi) is 7.31. The number of ether oxygens (including phenoxy) is 2. The normalized spacial score (nSPS) is 22.9. The summed E-state index contributed by atoms with van der Waals surface area (Å²) in [4.78, 5) is 29.1. The van der Waals surface area contributed by atoms with Gasteiger partial charge in [0, 0.05) is 19.1 Å². The van der Waals surface area contributed by atoms with Crippen LogP contribution in [-0.2, 0) is 20.7 Å². The van der Waals surface area contributed by atoms with Crippen LogP contribution in [0.15, 0.2) is 24.3 Å². The average molecular weight is 389 g/mol. The molecule has 0 radical (unpaired) electrons. The minimum atomic E-state index is -0.175. The second-order valence-corrected chi connectivity index (χ2v) is 7.75. The van der Waals surface area contributed by atoms with Gasteiger partial charge in [0.15, 0.2) is 0 Å². The van der Waals surface area contributed by atoms with Crippen LogP contribution in [0.4, 0.5) is 0 Å². The predicted octanol–water partition coefficient (Wildman–Crippen LogP) is 2.50. The predicted molar refractivity (Wildman–Crippen MR) is 107 cm³/mol. The number of methoxy groups -OCH3 is 1. The molecule has 6 nitrogen and oxygen atoms in total. The summed E-state index contributed by atoms with van der Waals surface area (Å²) in [5.74, 6) is 0.656. The van der Waals surface area contributed by atoms with Gasteiger partial charge in [-0.3, -0.25) is 14.5 Å². The van der Waals surface area contributed by atoms with Crippen LogP contribution in [0.1, 0.15) is 38.2 Å². The highest BCUT2D eigenvalue weighted by Gasteiger charge is 2.32. The lowest BCUT2D eigenvalue weighted by Crippen LogP contribution is -2.47. The summed E-state index contributed by atoms with van der Waals surface area (Å²) in [6.45, 7) is 4.85. The van der Waals surface area contributed by atoms with Crippen molar-refractivity contribution in [2.45, 2.75) is 45.1 Å². The number of esters is 1. The molecule has 2 atom stereocenters. The zero-order valence-corrected chi connectivity index (χ0v) is 17.1. The van der Waals surface area contributed by atoms with E-state index in [4.69, 9.17) is 9.47 Å². The van der Waals surface area contributed by atoms with Crippen molar-refractivity contribution in [1.29, 1.82) is 0 Å². The molecule has 1 aromatic carbocycles. The van der Waals surface area contributed by atoms with Crippen LogP contribution >= 0.6 is 0 Å². The van der Waals surface area contributed by atoms with Gasteiger partial charge in [0.05, 0.1) is 26.2 Å². The van der Waals surface area contributed by atoms with Crippen LogP contribution in [0.3, 0.4) is 0 Å². The first-order valence-electron chi connectivity index (χ1n) is 10.4. The van der Waals surface area contributed by atoms with Gasteiger partial charge < -0.3 is 14.4 Å². The summed E-state index contributed by atoms with van der Waals surface area (Å²) in [5, 5.41) is 0. The standard InChI is InChI=1S/C22H32N2O4/c1-3-28-22(26)18-6-4-13-24(15-18)21(25)16-23-12-5-7-19(23)14-17-8-10-20(27-2)11-9-17/h8-11,18-19H,3-7,12-16H2,1-2H3/t18-,19+/m0/s1. The van der Waals surface area contributed by atoms with Crippen molar-refractivity contribution in [2.24, 2.45) is 5.92 Å². The summed E-state index contributed by atoms with van der Waals surface area (Å²) >= 11 is 0. The fourth-order valence-corrected chi connectivity index (χ4v) is 4.30. The van der Waals surface area contributed by atoms with Crippen LogP contribution in [-0.4, -0.2) is 67.6 Å². The first-order valence-corrected chi connectivity index (χ1v) is 10.4. The monoisotopic (exact) mass is 388 g/mol. The molecule has 0 saturated carbocycles. The lowest BCUT2D eigenvalue weighted by atomic mass is 9.98. The van der Waals surface area contributed by atoms with Gasteiger partial charge in [0.25, 0.3) is 0 Å². The molecule has 154 valence electrons. The number of carbonyl (C=O) groups excluding carboxylic acids is 2. The van der Waals surface area contributed by atoms with Crippen molar-refractivity contribution in [1.82, 2.24) is 9.80 Å². The van der Waals surface area contributed by atoms with Crippen LogP contribution in [0, 0.1) is 5.92 Å². The van der Waals surface area contributed by atoms with Crippen LogP contribution in [0.25, 0.3) is 0 Å². The van der Waals surface area contributed by atoms with E-state index in [0.717, 1.165) is 50.9 Å². The molecule has 0 bridgehead atoms. The number of piperidine rings is 1. The Morgan fingerprint density at radius 1 is 1.11 bits per heavy atom. The highest BCUT2D eigenvalue weighted by atomic mass is 16.5. The molecule has 1 aromatic rings. The second-order valence-electron chi connectivity index (χ2n) is 7.75. The summed E-state index contributed by atoms with van der Waals surface area (Å²) in [5.41, 5.74) is 1.27. The van der Waals surface area contributed by atoms with E-state index in [1.165, 1.54) is 5.56 Å². The molecule has 6 heteroatoms. The van der Waals surface area contributed by atoms with Crippen molar-refractivity contribution in [3.8, 4) is 5.75 Å². The van der Waals surface area contributed by atoms with E-state index < -0.39 is 0 Å². The van der Waals surface area contributed by atoms with Crippen LogP contribution in [0.5, 0.6) is 5.75 Å². The van der Waals surface area contributed by atoms with Crippen molar-refractivity contribution in [2.75, 3.05) is 39.9 Å². The van der Waals surface area contributed by atoms with Gasteiger partial charge in [0.1, 0.15) is 5.75 Å². The third-order valence-electron chi connectivity index (χ3n) is 5.86. The van der Waals surface area contributed by atoms with Crippen LogP contribution < -0.4 is 4.74 Å². The maximum absolute atomic E-state index is 12.9. The molecule has 0 N–H and O–H groups in total. The Balaban J connectivity index is 1.54. The summed E-state index contributed by atoms with van der Waals surface area (Å²) in [7, 11) is 1.67. The van der Waals surface area contributed by atoms with Gasteiger partial charge in [-0.15, -0.1) is 0 Å². The van der Waals surface area contributed by atoms with E-state index in [9.17, 15) is 9.59 Å². The van der Waals surface area contributed by atoms with E-state index in [1.54, 1.807) is 7.11 Å². The molecule has 2 aliphatic heterocycles. The second kappa shape index (κ2) is 9.92. The number of likely N-dealkylation sites (tertiary alicyclic amines) is 2. The summed E-state index contributed by atoms with van der Waals surface area (Å²) in [6, 6.07) is 8.58. The first kappa shape index (κ1) is 20.6. The Labute approximate surface area is 167 Å². The van der Waals surface area contributed by atoms with E-state index in [2.05, 4.69) is 17.0 Å². The van der Waals surface area contributed by atoms with Crippen molar-refractivity contribution >= 4 is 11.9 Å². The van der Waals surface area contributed by atoms with Gasteiger partial charge in [0.2, 0.25) is 5.91 Å². The lowest BCUT2D eigenvalue weighted by molar-refractivity contribution is -0.151. The number of amides is 1. The molecule has 0 aromatic heterocycles. The zero-order chi connectivity index (χ0) is 19.9. The molecule has 0 aliphatic carbocycles. The average Bonchev–Trinajstić information content (AvgIpc) is 3.15. The summed E-state index contributed by atoms with van der Waals surface area (Å²) in [6.07, 6.45) is 4.87. The molecule has 0 unspecified atom stereocenters. The maximum Gasteiger partial charge on any atom is 0.310 e.